The number of tetrazole rings is 1. The fourth-order valence-corrected chi connectivity index (χ4v) is 3.63. The summed E-state index contributed by atoms with van der Waals surface area (Å²) in [6, 6.07) is 15.9. The van der Waals surface area contributed by atoms with E-state index in [0.29, 0.717) is 21.7 Å². The van der Waals surface area contributed by atoms with Crippen molar-refractivity contribution >= 4 is 11.7 Å². The van der Waals surface area contributed by atoms with Gasteiger partial charge in [0.15, 0.2) is 0 Å². The first-order chi connectivity index (χ1) is 14.5. The van der Waals surface area contributed by atoms with Crippen LogP contribution in [0.2, 0.25) is 0 Å². The lowest BCUT2D eigenvalue weighted by atomic mass is 9.95. The van der Waals surface area contributed by atoms with E-state index >= 15 is 0 Å². The number of aromatic nitrogens is 4. The van der Waals surface area contributed by atoms with Crippen LogP contribution >= 0.6 is 0 Å². The molecule has 8 heteroatoms. The van der Waals surface area contributed by atoms with E-state index in [-0.39, 0.29) is 5.97 Å². The van der Waals surface area contributed by atoms with E-state index in [1.165, 1.54) is 7.11 Å². The Labute approximate surface area is 174 Å². The summed E-state index contributed by atoms with van der Waals surface area (Å²) in [7, 11) is 3.38. The molecule has 2 aromatic carbocycles. The number of hydrogen-bond donors (Lipinski definition) is 1. The van der Waals surface area contributed by atoms with Crippen molar-refractivity contribution < 1.29 is 14.1 Å². The van der Waals surface area contributed by atoms with E-state index in [0.717, 1.165) is 34.5 Å². The quantitative estimate of drug-likeness (QED) is 0.522. The minimum Gasteiger partial charge on any atom is -0.465 e. The van der Waals surface area contributed by atoms with Crippen LogP contribution in [0.15, 0.2) is 64.9 Å². The number of methoxy groups -OCH3 is 1. The van der Waals surface area contributed by atoms with Crippen LogP contribution in [0.4, 0.5) is 0 Å². The lowest BCUT2D eigenvalue weighted by molar-refractivity contribution is -0.875. The van der Waals surface area contributed by atoms with Gasteiger partial charge < -0.3 is 4.74 Å². The predicted octanol–water partition coefficient (Wildman–Crippen LogP) is 3.16. The topological polar surface area (TPSA) is 93.1 Å². The first kappa shape index (κ1) is 19.7. The molecular formula is C22H23N6O2+. The molecule has 0 aliphatic carbocycles. The van der Waals surface area contributed by atoms with Gasteiger partial charge in [0.1, 0.15) is 23.5 Å². The molecule has 8 nitrogen and oxygen atoms in total. The molecule has 3 aromatic rings. The third-order valence-corrected chi connectivity index (χ3v) is 5.63. The molecule has 0 radical (unpaired) electrons. The number of nitrogens with one attached hydrogen (secondary N) is 1. The largest absolute Gasteiger partial charge is 0.465 e. The van der Waals surface area contributed by atoms with Crippen molar-refractivity contribution in [3.05, 3.63) is 65.4 Å². The minimum atomic E-state index is -0.368. The molecule has 2 heterocycles. The Bertz CT molecular complexity index is 1150. The van der Waals surface area contributed by atoms with Crippen molar-refractivity contribution in [3.63, 3.8) is 0 Å². The summed E-state index contributed by atoms with van der Waals surface area (Å²) in [5.41, 5.74) is 5.82. The van der Waals surface area contributed by atoms with Crippen LogP contribution in [0, 0.1) is 0 Å². The molecular weight excluding hydrogens is 380 g/mol. The van der Waals surface area contributed by atoms with Crippen LogP contribution in [0.5, 0.6) is 0 Å². The maximum atomic E-state index is 12.5. The Hall–Kier alpha value is -3.65. The number of carbonyl (C=O) groups excluding carboxylic acids is 1. The van der Waals surface area contributed by atoms with Gasteiger partial charge in [-0.1, -0.05) is 53.6 Å². The number of H-pyrrole nitrogens is 1. The summed E-state index contributed by atoms with van der Waals surface area (Å²) in [6.07, 6.45) is 0. The van der Waals surface area contributed by atoms with Gasteiger partial charge in [0.05, 0.1) is 14.2 Å². The van der Waals surface area contributed by atoms with Crippen molar-refractivity contribution in [2.24, 2.45) is 5.10 Å². The van der Waals surface area contributed by atoms with Gasteiger partial charge in [-0.3, -0.25) is 0 Å². The second-order valence-electron chi connectivity index (χ2n) is 7.21. The smallest absolute Gasteiger partial charge is 0.346 e. The number of rotatable bonds is 5. The first-order valence-electron chi connectivity index (χ1n) is 9.68. The summed E-state index contributed by atoms with van der Waals surface area (Å²) in [4.78, 5) is 12.5. The molecule has 1 aliphatic heterocycles. The number of hydrogen-bond acceptors (Lipinski definition) is 6. The van der Waals surface area contributed by atoms with Crippen LogP contribution in [0.1, 0.15) is 19.4 Å². The molecule has 0 bridgehead atoms. The molecule has 0 saturated heterocycles. The van der Waals surface area contributed by atoms with Crippen molar-refractivity contribution in [2.45, 2.75) is 13.8 Å². The Kier molecular flexibility index (Phi) is 5.01. The zero-order valence-electron chi connectivity index (χ0n) is 17.4. The monoisotopic (exact) mass is 403 g/mol. The lowest BCUT2D eigenvalue weighted by Gasteiger charge is -2.22. The summed E-state index contributed by atoms with van der Waals surface area (Å²) < 4.78 is 5.37. The van der Waals surface area contributed by atoms with Crippen LogP contribution in [0.3, 0.4) is 0 Å². The van der Waals surface area contributed by atoms with Gasteiger partial charge in [-0.2, -0.15) is 9.81 Å². The van der Waals surface area contributed by atoms with Gasteiger partial charge in [-0.05, 0) is 23.3 Å². The number of allylic oxidation sites excluding steroid dienone is 1. The number of benzene rings is 2. The van der Waals surface area contributed by atoms with Gasteiger partial charge in [-0.25, -0.2) is 4.79 Å². The van der Waals surface area contributed by atoms with Crippen molar-refractivity contribution in [2.75, 3.05) is 20.7 Å². The van der Waals surface area contributed by atoms with Gasteiger partial charge in [-0.15, -0.1) is 10.2 Å². The number of ether oxygens (including phenoxy) is 1. The van der Waals surface area contributed by atoms with Crippen molar-refractivity contribution in [1.82, 2.24) is 20.6 Å². The summed E-state index contributed by atoms with van der Waals surface area (Å²) in [6.45, 7) is 4.72. The third kappa shape index (κ3) is 3.21. The van der Waals surface area contributed by atoms with E-state index < -0.39 is 0 Å². The van der Waals surface area contributed by atoms with Crippen molar-refractivity contribution in [3.8, 4) is 22.5 Å². The van der Waals surface area contributed by atoms with Crippen LogP contribution < -0.4 is 0 Å². The Balaban J connectivity index is 1.75. The molecule has 1 aliphatic rings. The van der Waals surface area contributed by atoms with E-state index in [1.807, 2.05) is 69.4 Å². The SMILES string of the molecule is CC[N+]1(C)N=C(c2ccc(-c3ccccc3-c3nn[nH]n3)cc2)C(C(=O)OC)=C1C. The average molecular weight is 403 g/mol. The first-order valence-corrected chi connectivity index (χ1v) is 9.68. The molecule has 0 spiro atoms. The summed E-state index contributed by atoms with van der Waals surface area (Å²) in [5, 5.41) is 19.2. The zero-order valence-corrected chi connectivity index (χ0v) is 17.4. The number of esters is 1. The van der Waals surface area contributed by atoms with Gasteiger partial charge in [0.25, 0.3) is 0 Å². The highest BCUT2D eigenvalue weighted by molar-refractivity contribution is 6.27. The number of carbonyl (C=O) groups is 1. The van der Waals surface area contributed by atoms with E-state index in [4.69, 9.17) is 9.84 Å². The summed E-state index contributed by atoms with van der Waals surface area (Å²) >= 11 is 0. The molecule has 1 N–H and O–H groups in total. The molecule has 4 rings (SSSR count). The van der Waals surface area contributed by atoms with Crippen molar-refractivity contribution in [1.29, 1.82) is 0 Å². The molecule has 30 heavy (non-hydrogen) atoms. The second-order valence-corrected chi connectivity index (χ2v) is 7.21. The van der Waals surface area contributed by atoms with Gasteiger partial charge in [0, 0.05) is 18.1 Å². The highest BCUT2D eigenvalue weighted by atomic mass is 16.5. The second kappa shape index (κ2) is 7.64. The maximum absolute atomic E-state index is 12.5. The minimum absolute atomic E-state index is 0.335. The maximum Gasteiger partial charge on any atom is 0.346 e. The summed E-state index contributed by atoms with van der Waals surface area (Å²) in [5.74, 6) is 0.172. The molecule has 1 atom stereocenters. The highest BCUT2D eigenvalue weighted by Gasteiger charge is 2.40. The number of aromatic amines is 1. The Morgan fingerprint density at radius 2 is 1.73 bits per heavy atom. The Morgan fingerprint density at radius 1 is 1.07 bits per heavy atom. The highest BCUT2D eigenvalue weighted by Crippen LogP contribution is 2.33. The standard InChI is InChI=1S/C22H23N6O2/c1-5-28(3)14(2)19(22(29)30-4)20(25-28)16-12-10-15(11-13-16)17-8-6-7-9-18(17)21-23-26-27-24-21/h6-13H,5H2,1-4H3,(H,23,24,26,27)/q+1. The molecule has 0 saturated carbocycles. The molecule has 0 amide bonds. The van der Waals surface area contributed by atoms with Crippen LogP contribution in [-0.4, -0.2) is 57.6 Å². The van der Waals surface area contributed by atoms with E-state index in [2.05, 4.69) is 20.6 Å². The number of quaternary nitrogens is 1. The van der Waals surface area contributed by atoms with Crippen LogP contribution in [0.25, 0.3) is 22.5 Å². The molecule has 1 aromatic heterocycles. The predicted molar refractivity (Wildman–Crippen MR) is 113 cm³/mol. The Morgan fingerprint density at radius 3 is 2.33 bits per heavy atom. The molecule has 1 unspecified atom stereocenters. The van der Waals surface area contributed by atoms with Gasteiger partial charge >= 0.3 is 5.97 Å². The normalized spacial score (nSPS) is 18.5. The lowest BCUT2D eigenvalue weighted by Crippen LogP contribution is -2.34. The molecule has 0 fully saturated rings. The van der Waals surface area contributed by atoms with Crippen LogP contribution in [-0.2, 0) is 9.53 Å². The zero-order chi connectivity index (χ0) is 21.3. The fraction of sp³-hybridized carbons (Fsp3) is 0.227. The molecule has 152 valence electrons. The van der Waals surface area contributed by atoms with E-state index in [9.17, 15) is 4.79 Å². The average Bonchev–Trinajstić information content (AvgIpc) is 3.41. The number of nitrogens with zero attached hydrogens (tertiary/aromatic N) is 5. The van der Waals surface area contributed by atoms with Gasteiger partial charge in [0.2, 0.25) is 5.82 Å². The third-order valence-electron chi connectivity index (χ3n) is 5.63. The van der Waals surface area contributed by atoms with E-state index in [1.54, 1.807) is 0 Å². The fourth-order valence-electron chi connectivity index (χ4n) is 3.63.